The van der Waals surface area contributed by atoms with Crippen molar-refractivity contribution in [3.8, 4) is 0 Å². The molecule has 0 bridgehead atoms. The summed E-state index contributed by atoms with van der Waals surface area (Å²) in [7, 11) is 0. The summed E-state index contributed by atoms with van der Waals surface area (Å²) < 4.78 is 0. The second-order valence-corrected chi connectivity index (χ2v) is 6.33. The molecule has 0 aromatic carbocycles. The van der Waals surface area contributed by atoms with Crippen molar-refractivity contribution in [3.63, 3.8) is 0 Å². The molecule has 0 aliphatic heterocycles. The van der Waals surface area contributed by atoms with Gasteiger partial charge in [0, 0.05) is 0 Å². The van der Waals surface area contributed by atoms with Gasteiger partial charge in [-0.05, 0) is 29.7 Å². The average molecular weight is 206 g/mol. The lowest BCUT2D eigenvalue weighted by atomic mass is 9.72. The predicted molar refractivity (Wildman–Crippen MR) is 70.9 cm³/mol. The molecule has 0 amide bonds. The Morgan fingerprint density at radius 3 is 1.80 bits per heavy atom. The summed E-state index contributed by atoms with van der Waals surface area (Å²) >= 11 is 0. The second kappa shape index (κ2) is 4.83. The van der Waals surface area contributed by atoms with Crippen molar-refractivity contribution in [2.45, 2.75) is 48.0 Å². The van der Waals surface area contributed by atoms with Crippen LogP contribution in [0.1, 0.15) is 48.0 Å². The summed E-state index contributed by atoms with van der Waals surface area (Å²) in [6.45, 7) is 21.3. The minimum absolute atomic E-state index is 0.157. The van der Waals surface area contributed by atoms with Gasteiger partial charge in [-0.3, -0.25) is 0 Å². The Hall–Kier alpha value is -0.780. The second-order valence-electron chi connectivity index (χ2n) is 6.33. The lowest BCUT2D eigenvalue weighted by molar-refractivity contribution is 0.254. The van der Waals surface area contributed by atoms with Crippen molar-refractivity contribution < 1.29 is 0 Å². The minimum Gasteiger partial charge on any atom is -0.0961 e. The first-order valence-electron chi connectivity index (χ1n) is 5.57. The lowest BCUT2D eigenvalue weighted by Crippen LogP contribution is -2.21. The van der Waals surface area contributed by atoms with E-state index in [1.54, 1.807) is 0 Å². The van der Waals surface area contributed by atoms with Crippen molar-refractivity contribution in [1.29, 1.82) is 0 Å². The molecule has 0 heteroatoms. The van der Waals surface area contributed by atoms with E-state index in [2.05, 4.69) is 53.9 Å². The molecule has 0 rings (SSSR count). The smallest absolute Gasteiger partial charge is 0.0104 e. The Morgan fingerprint density at radius 1 is 1.00 bits per heavy atom. The van der Waals surface area contributed by atoms with E-state index < -0.39 is 0 Å². The van der Waals surface area contributed by atoms with Crippen LogP contribution in [-0.2, 0) is 0 Å². The predicted octanol–water partition coefficient (Wildman–Crippen LogP) is 5.14. The topological polar surface area (TPSA) is 0 Å². The van der Waals surface area contributed by atoms with Gasteiger partial charge >= 0.3 is 0 Å². The quantitative estimate of drug-likeness (QED) is 0.559. The van der Waals surface area contributed by atoms with Gasteiger partial charge in [-0.15, -0.1) is 0 Å². The van der Waals surface area contributed by atoms with Crippen LogP contribution in [0.2, 0.25) is 0 Å². The standard InChI is InChI=1S/C15H26/c1-12(2)9-10-13(3)15(7,8)11-14(4,5)6/h9-10H,1,3,11H2,2,4-8H3/b10-9-. The summed E-state index contributed by atoms with van der Waals surface area (Å²) in [6.07, 6.45) is 5.26. The van der Waals surface area contributed by atoms with Crippen molar-refractivity contribution in [2.75, 3.05) is 0 Å². The van der Waals surface area contributed by atoms with Crippen LogP contribution in [0, 0.1) is 10.8 Å². The molecule has 0 saturated carbocycles. The Kier molecular flexibility index (Phi) is 4.58. The van der Waals surface area contributed by atoms with Crippen LogP contribution in [0.5, 0.6) is 0 Å². The van der Waals surface area contributed by atoms with Crippen LogP contribution in [0.4, 0.5) is 0 Å². The number of hydrogen-bond acceptors (Lipinski definition) is 0. The first-order chi connectivity index (χ1) is 6.54. The highest BCUT2D eigenvalue weighted by atomic mass is 14.3. The fourth-order valence-corrected chi connectivity index (χ4v) is 1.91. The molecular weight excluding hydrogens is 180 g/mol. The third kappa shape index (κ3) is 6.33. The Labute approximate surface area is 95.8 Å². The monoisotopic (exact) mass is 206 g/mol. The Balaban J connectivity index is 4.60. The molecule has 0 aromatic rings. The van der Waals surface area contributed by atoms with Crippen LogP contribution in [0.15, 0.2) is 36.5 Å². The third-order valence-electron chi connectivity index (χ3n) is 2.41. The van der Waals surface area contributed by atoms with E-state index in [0.717, 1.165) is 12.0 Å². The number of hydrogen-bond donors (Lipinski definition) is 0. The summed E-state index contributed by atoms with van der Waals surface area (Å²) in [5.74, 6) is 0. The van der Waals surface area contributed by atoms with E-state index >= 15 is 0 Å². The van der Waals surface area contributed by atoms with Crippen molar-refractivity contribution >= 4 is 0 Å². The third-order valence-corrected chi connectivity index (χ3v) is 2.41. The highest BCUT2D eigenvalue weighted by Gasteiger charge is 2.26. The van der Waals surface area contributed by atoms with E-state index in [0.29, 0.717) is 5.41 Å². The largest absolute Gasteiger partial charge is 0.0961 e. The van der Waals surface area contributed by atoms with Crippen LogP contribution in [0.25, 0.3) is 0 Å². The van der Waals surface area contributed by atoms with Crippen molar-refractivity contribution in [3.05, 3.63) is 36.5 Å². The molecule has 0 N–H and O–H groups in total. The van der Waals surface area contributed by atoms with E-state index in [1.165, 1.54) is 5.57 Å². The highest BCUT2D eigenvalue weighted by molar-refractivity contribution is 5.27. The first-order valence-corrected chi connectivity index (χ1v) is 5.57. The van der Waals surface area contributed by atoms with Gasteiger partial charge < -0.3 is 0 Å². The molecule has 0 radical (unpaired) electrons. The lowest BCUT2D eigenvalue weighted by Gasteiger charge is -2.33. The number of allylic oxidation sites excluding steroid dienone is 4. The molecule has 0 aliphatic carbocycles. The molecule has 0 spiro atoms. The summed E-state index contributed by atoms with van der Waals surface area (Å²) in [5, 5.41) is 0. The summed E-state index contributed by atoms with van der Waals surface area (Å²) in [6, 6.07) is 0. The molecule has 0 aliphatic rings. The van der Waals surface area contributed by atoms with Crippen LogP contribution in [-0.4, -0.2) is 0 Å². The SMILES string of the molecule is C=C(C)/C=C\C(=C)C(C)(C)CC(C)(C)C. The Bertz CT molecular complexity index is 269. The van der Waals surface area contributed by atoms with Crippen LogP contribution < -0.4 is 0 Å². The first kappa shape index (κ1) is 14.2. The fraction of sp³-hybridized carbons (Fsp3) is 0.600. The molecule has 0 atom stereocenters. The zero-order chi connectivity index (χ0) is 12.3. The van der Waals surface area contributed by atoms with Crippen molar-refractivity contribution in [2.24, 2.45) is 10.8 Å². The molecule has 0 nitrogen and oxygen atoms in total. The Morgan fingerprint density at radius 2 is 1.47 bits per heavy atom. The van der Waals surface area contributed by atoms with E-state index in [1.807, 2.05) is 13.0 Å². The maximum Gasteiger partial charge on any atom is -0.0104 e. The zero-order valence-electron chi connectivity index (χ0n) is 11.3. The fourth-order valence-electron chi connectivity index (χ4n) is 1.91. The number of rotatable bonds is 4. The summed E-state index contributed by atoms with van der Waals surface area (Å²) in [5.41, 5.74) is 2.75. The zero-order valence-corrected chi connectivity index (χ0v) is 11.3. The van der Waals surface area contributed by atoms with Gasteiger partial charge in [-0.2, -0.15) is 0 Å². The van der Waals surface area contributed by atoms with Gasteiger partial charge in [0.05, 0.1) is 0 Å². The maximum atomic E-state index is 4.15. The summed E-state index contributed by atoms with van der Waals surface area (Å²) in [4.78, 5) is 0. The van der Waals surface area contributed by atoms with Gasteiger partial charge in [0.2, 0.25) is 0 Å². The molecule has 0 fully saturated rings. The van der Waals surface area contributed by atoms with Crippen molar-refractivity contribution in [1.82, 2.24) is 0 Å². The van der Waals surface area contributed by atoms with Gasteiger partial charge in [0.15, 0.2) is 0 Å². The van der Waals surface area contributed by atoms with E-state index in [4.69, 9.17) is 0 Å². The highest BCUT2D eigenvalue weighted by Crippen LogP contribution is 2.38. The maximum absolute atomic E-state index is 4.15. The minimum atomic E-state index is 0.157. The average Bonchev–Trinajstić information content (AvgIpc) is 1.94. The molecule has 86 valence electrons. The normalized spacial score (nSPS) is 13.2. The molecular formula is C15H26. The van der Waals surface area contributed by atoms with Gasteiger partial charge in [0.1, 0.15) is 0 Å². The molecule has 0 unspecified atom stereocenters. The van der Waals surface area contributed by atoms with Gasteiger partial charge in [-0.1, -0.05) is 65.5 Å². The van der Waals surface area contributed by atoms with Crippen LogP contribution in [0.3, 0.4) is 0 Å². The molecule has 0 aromatic heterocycles. The molecule has 15 heavy (non-hydrogen) atoms. The van der Waals surface area contributed by atoms with E-state index in [9.17, 15) is 0 Å². The molecule has 0 heterocycles. The van der Waals surface area contributed by atoms with Gasteiger partial charge in [0.25, 0.3) is 0 Å². The van der Waals surface area contributed by atoms with Crippen LogP contribution >= 0.6 is 0 Å². The van der Waals surface area contributed by atoms with E-state index in [-0.39, 0.29) is 5.41 Å². The van der Waals surface area contributed by atoms with Gasteiger partial charge in [-0.25, -0.2) is 0 Å². The molecule has 0 saturated heterocycles.